The molecule has 0 fully saturated rings. The molecular weight excluding hydrogens is 166 g/mol. The van der Waals surface area contributed by atoms with E-state index in [-0.39, 0.29) is 5.78 Å². The molecule has 0 aromatic carbocycles. The van der Waals surface area contributed by atoms with Gasteiger partial charge in [0.15, 0.2) is 5.78 Å². The molecule has 72 valence electrons. The quantitative estimate of drug-likeness (QED) is 0.705. The van der Waals surface area contributed by atoms with Crippen LogP contribution in [0.1, 0.15) is 36.7 Å². The van der Waals surface area contributed by atoms with Gasteiger partial charge < -0.3 is 5.73 Å². The van der Waals surface area contributed by atoms with E-state index in [4.69, 9.17) is 5.73 Å². The number of hydrogen-bond donors (Lipinski definition) is 1. The van der Waals surface area contributed by atoms with E-state index >= 15 is 0 Å². The first-order chi connectivity index (χ1) is 6.15. The van der Waals surface area contributed by atoms with Crippen LogP contribution in [0.2, 0.25) is 0 Å². The largest absolute Gasteiger partial charge is 0.330 e. The van der Waals surface area contributed by atoms with Crippen LogP contribution in [0.4, 0.5) is 0 Å². The Morgan fingerprint density at radius 3 is 2.85 bits per heavy atom. The smallest absolute Gasteiger partial charge is 0.167 e. The molecule has 0 bridgehead atoms. The van der Waals surface area contributed by atoms with Gasteiger partial charge >= 0.3 is 0 Å². The minimum atomic E-state index is 0.0643. The minimum Gasteiger partial charge on any atom is -0.330 e. The fourth-order valence-corrected chi connectivity index (χ4v) is 1.04. The topological polar surface area (TPSA) is 60.9 Å². The molecule has 4 heteroatoms. The summed E-state index contributed by atoms with van der Waals surface area (Å²) in [5.41, 5.74) is 5.94. The molecule has 0 spiro atoms. The second-order valence-corrected chi connectivity index (χ2v) is 3.26. The predicted octanol–water partition coefficient (Wildman–Crippen LogP) is 0.996. The molecule has 0 atom stereocenters. The number of aromatic nitrogens is 2. The van der Waals surface area contributed by atoms with Crippen molar-refractivity contribution in [3.05, 3.63) is 18.0 Å². The first kappa shape index (κ1) is 9.92. The van der Waals surface area contributed by atoms with Crippen molar-refractivity contribution in [3.8, 4) is 0 Å². The molecule has 13 heavy (non-hydrogen) atoms. The molecule has 4 nitrogen and oxygen atoms in total. The Hall–Kier alpha value is -1.16. The second kappa shape index (κ2) is 4.18. The predicted molar refractivity (Wildman–Crippen MR) is 50.6 cm³/mol. The summed E-state index contributed by atoms with van der Waals surface area (Å²) in [6.45, 7) is 4.43. The van der Waals surface area contributed by atoms with Gasteiger partial charge in [-0.2, -0.15) is 5.10 Å². The number of carbonyl (C=O) groups excluding carboxylic acids is 1. The third-order valence-electron chi connectivity index (χ3n) is 1.82. The second-order valence-electron chi connectivity index (χ2n) is 3.26. The van der Waals surface area contributed by atoms with Crippen LogP contribution in [0, 0.1) is 0 Å². The summed E-state index contributed by atoms with van der Waals surface area (Å²) in [6.07, 6.45) is 3.75. The van der Waals surface area contributed by atoms with Gasteiger partial charge in [-0.15, -0.1) is 0 Å². The van der Waals surface area contributed by atoms with Crippen molar-refractivity contribution in [2.24, 2.45) is 5.73 Å². The lowest BCUT2D eigenvalue weighted by atomic mass is 10.2. The van der Waals surface area contributed by atoms with Crippen molar-refractivity contribution in [1.82, 2.24) is 9.78 Å². The summed E-state index contributed by atoms with van der Waals surface area (Å²) in [6, 6.07) is 0.291. The van der Waals surface area contributed by atoms with E-state index in [2.05, 4.69) is 5.10 Å². The Morgan fingerprint density at radius 1 is 1.69 bits per heavy atom. The van der Waals surface area contributed by atoms with E-state index < -0.39 is 0 Å². The third-order valence-corrected chi connectivity index (χ3v) is 1.82. The van der Waals surface area contributed by atoms with Crippen LogP contribution in [0.25, 0.3) is 0 Å². The highest BCUT2D eigenvalue weighted by atomic mass is 16.1. The van der Waals surface area contributed by atoms with Gasteiger partial charge in [-0.1, -0.05) is 0 Å². The fourth-order valence-electron chi connectivity index (χ4n) is 1.04. The number of carbonyl (C=O) groups is 1. The van der Waals surface area contributed by atoms with E-state index in [1.54, 1.807) is 17.1 Å². The Bertz CT molecular complexity index is 291. The van der Waals surface area contributed by atoms with Gasteiger partial charge in [0.25, 0.3) is 0 Å². The van der Waals surface area contributed by atoms with Crippen LogP contribution >= 0.6 is 0 Å². The average molecular weight is 181 g/mol. The van der Waals surface area contributed by atoms with E-state index in [1.165, 1.54) is 0 Å². The molecule has 0 aliphatic heterocycles. The molecule has 0 saturated carbocycles. The maximum absolute atomic E-state index is 11.3. The molecular formula is C9H15N3O. The first-order valence-electron chi connectivity index (χ1n) is 4.42. The fraction of sp³-hybridized carbons (Fsp3) is 0.556. The average Bonchev–Trinajstić information content (AvgIpc) is 2.52. The summed E-state index contributed by atoms with van der Waals surface area (Å²) in [5, 5.41) is 4.07. The van der Waals surface area contributed by atoms with Gasteiger partial charge in [0.1, 0.15) is 0 Å². The highest BCUT2D eigenvalue weighted by Crippen LogP contribution is 2.06. The van der Waals surface area contributed by atoms with Crippen LogP contribution in [0.3, 0.4) is 0 Å². The zero-order chi connectivity index (χ0) is 9.84. The summed E-state index contributed by atoms with van der Waals surface area (Å²) in [7, 11) is 0. The van der Waals surface area contributed by atoms with Crippen molar-refractivity contribution in [1.29, 1.82) is 0 Å². The summed E-state index contributed by atoms with van der Waals surface area (Å²) in [5.74, 6) is 0.0643. The molecule has 0 unspecified atom stereocenters. The van der Waals surface area contributed by atoms with Gasteiger partial charge in [-0.3, -0.25) is 9.48 Å². The van der Waals surface area contributed by atoms with Crippen LogP contribution in [-0.4, -0.2) is 22.1 Å². The number of nitrogens with two attached hydrogens (primary N) is 1. The maximum atomic E-state index is 11.3. The molecule has 1 heterocycles. The number of rotatable bonds is 4. The molecule has 1 rings (SSSR count). The Labute approximate surface area is 77.7 Å². The van der Waals surface area contributed by atoms with Gasteiger partial charge in [0.2, 0.25) is 0 Å². The van der Waals surface area contributed by atoms with E-state index in [0.29, 0.717) is 24.6 Å². The van der Waals surface area contributed by atoms with E-state index in [0.717, 1.165) is 0 Å². The third kappa shape index (κ3) is 2.39. The van der Waals surface area contributed by atoms with Gasteiger partial charge in [-0.25, -0.2) is 0 Å². The number of ketones is 1. The summed E-state index contributed by atoms with van der Waals surface area (Å²) >= 11 is 0. The molecule has 0 aliphatic carbocycles. The van der Waals surface area contributed by atoms with Crippen molar-refractivity contribution >= 4 is 5.78 Å². The molecule has 1 aromatic heterocycles. The molecule has 1 aromatic rings. The summed E-state index contributed by atoms with van der Waals surface area (Å²) in [4.78, 5) is 11.3. The lowest BCUT2D eigenvalue weighted by Gasteiger charge is -2.02. The lowest BCUT2D eigenvalue weighted by molar-refractivity contribution is 0.0985. The standard InChI is InChI=1S/C9H15N3O/c1-7(2)12-6-8(5-11-12)9(13)3-4-10/h5-7H,3-4,10H2,1-2H3. The van der Waals surface area contributed by atoms with Crippen molar-refractivity contribution < 1.29 is 4.79 Å². The van der Waals surface area contributed by atoms with Gasteiger partial charge in [0.05, 0.1) is 11.8 Å². The van der Waals surface area contributed by atoms with Crippen LogP contribution in [0.15, 0.2) is 12.4 Å². The van der Waals surface area contributed by atoms with Gasteiger partial charge in [0, 0.05) is 18.7 Å². The maximum Gasteiger partial charge on any atom is 0.167 e. The van der Waals surface area contributed by atoms with Crippen LogP contribution in [0.5, 0.6) is 0 Å². The van der Waals surface area contributed by atoms with Crippen LogP contribution in [-0.2, 0) is 0 Å². The van der Waals surface area contributed by atoms with Crippen LogP contribution < -0.4 is 5.73 Å². The monoisotopic (exact) mass is 181 g/mol. The van der Waals surface area contributed by atoms with Crippen molar-refractivity contribution in [2.75, 3.05) is 6.54 Å². The number of nitrogens with zero attached hydrogens (tertiary/aromatic N) is 2. The normalized spacial score (nSPS) is 10.8. The number of hydrogen-bond acceptors (Lipinski definition) is 3. The van der Waals surface area contributed by atoms with Crippen molar-refractivity contribution in [2.45, 2.75) is 26.3 Å². The van der Waals surface area contributed by atoms with E-state index in [9.17, 15) is 4.79 Å². The Balaban J connectivity index is 2.73. The van der Waals surface area contributed by atoms with Gasteiger partial charge in [-0.05, 0) is 20.4 Å². The first-order valence-corrected chi connectivity index (χ1v) is 4.42. The lowest BCUT2D eigenvalue weighted by Crippen LogP contribution is -2.07. The molecule has 2 N–H and O–H groups in total. The molecule has 0 saturated heterocycles. The SMILES string of the molecule is CC(C)n1cc(C(=O)CCN)cn1. The number of Topliss-reactive ketones (excluding diaryl/α,β-unsaturated/α-hetero) is 1. The van der Waals surface area contributed by atoms with Crippen molar-refractivity contribution in [3.63, 3.8) is 0 Å². The summed E-state index contributed by atoms with van der Waals surface area (Å²) < 4.78 is 1.77. The Morgan fingerprint density at radius 2 is 2.38 bits per heavy atom. The zero-order valence-corrected chi connectivity index (χ0v) is 8.03. The minimum absolute atomic E-state index is 0.0643. The highest BCUT2D eigenvalue weighted by Gasteiger charge is 2.08. The molecule has 0 amide bonds. The molecule has 0 radical (unpaired) electrons. The highest BCUT2D eigenvalue weighted by molar-refractivity contribution is 5.95. The Kier molecular flexibility index (Phi) is 3.19. The zero-order valence-electron chi connectivity index (χ0n) is 8.03. The molecule has 0 aliphatic rings. The van der Waals surface area contributed by atoms with E-state index in [1.807, 2.05) is 13.8 Å².